The normalized spacial score (nSPS) is 10.4. The van der Waals surface area contributed by atoms with Crippen molar-refractivity contribution in [2.24, 2.45) is 0 Å². The number of nitrogens with one attached hydrogen (secondary N) is 1. The number of hydrogen-bond acceptors (Lipinski definition) is 5. The van der Waals surface area contributed by atoms with E-state index in [1.807, 2.05) is 6.26 Å². The molecule has 1 heterocycles. The molecular weight excluding hydrogens is 222 g/mol. The topological polar surface area (TPSA) is 78.9 Å². The molecule has 1 aromatic rings. The van der Waals surface area contributed by atoms with Crippen LogP contribution in [0.1, 0.15) is 5.82 Å². The summed E-state index contributed by atoms with van der Waals surface area (Å²) >= 11 is 2.86. The summed E-state index contributed by atoms with van der Waals surface area (Å²) in [6.07, 6.45) is 2.86. The van der Waals surface area contributed by atoms with Gasteiger partial charge >= 0.3 is 5.97 Å². The number of aryl methyl sites for hydroxylation is 1. The lowest BCUT2D eigenvalue weighted by Crippen LogP contribution is -1.97. The Balaban J connectivity index is 2.38. The minimum absolute atomic E-state index is 0.000177. The van der Waals surface area contributed by atoms with Crippen LogP contribution in [-0.2, 0) is 11.2 Å². The molecule has 2 N–H and O–H groups in total. The average Bonchev–Trinajstić information content (AvgIpc) is 2.59. The van der Waals surface area contributed by atoms with E-state index in [-0.39, 0.29) is 5.75 Å². The van der Waals surface area contributed by atoms with Gasteiger partial charge in [-0.15, -0.1) is 5.10 Å². The van der Waals surface area contributed by atoms with E-state index in [2.05, 4.69) is 15.2 Å². The second kappa shape index (κ2) is 5.92. The molecule has 0 unspecified atom stereocenters. The van der Waals surface area contributed by atoms with Crippen LogP contribution in [0.5, 0.6) is 0 Å². The highest BCUT2D eigenvalue weighted by molar-refractivity contribution is 7.99. The molecule has 5 nitrogen and oxygen atoms in total. The molecule has 0 bridgehead atoms. The number of aliphatic carboxylic acids is 1. The van der Waals surface area contributed by atoms with Crippen LogP contribution in [0, 0.1) is 0 Å². The lowest BCUT2D eigenvalue weighted by atomic mass is 10.5. The molecule has 0 atom stereocenters. The van der Waals surface area contributed by atoms with Crippen molar-refractivity contribution >= 4 is 29.5 Å². The van der Waals surface area contributed by atoms with Crippen LogP contribution in [-0.4, -0.2) is 44.0 Å². The Kier molecular flexibility index (Phi) is 4.81. The summed E-state index contributed by atoms with van der Waals surface area (Å²) in [4.78, 5) is 14.4. The van der Waals surface area contributed by atoms with E-state index in [4.69, 9.17) is 5.11 Å². The summed E-state index contributed by atoms with van der Waals surface area (Å²) < 4.78 is 0. The third-order valence-electron chi connectivity index (χ3n) is 1.38. The first-order valence-electron chi connectivity index (χ1n) is 3.97. The number of aromatic amines is 1. The number of carboxylic acids is 1. The van der Waals surface area contributed by atoms with Gasteiger partial charge < -0.3 is 5.11 Å². The van der Waals surface area contributed by atoms with Crippen molar-refractivity contribution in [3.63, 3.8) is 0 Å². The lowest BCUT2D eigenvalue weighted by Gasteiger charge is -1.90. The zero-order valence-electron chi connectivity index (χ0n) is 7.69. The third-order valence-corrected chi connectivity index (χ3v) is 2.82. The standard InChI is InChI=1S/C7H11N3O2S2/c1-13-3-2-5-8-7(10-9-5)14-4-6(11)12/h2-4H2,1H3,(H,11,12)(H,8,9,10). The van der Waals surface area contributed by atoms with Gasteiger partial charge in [-0.3, -0.25) is 9.89 Å². The molecular formula is C7H11N3O2S2. The highest BCUT2D eigenvalue weighted by Crippen LogP contribution is 2.12. The van der Waals surface area contributed by atoms with Crippen molar-refractivity contribution in [2.45, 2.75) is 11.6 Å². The van der Waals surface area contributed by atoms with Gasteiger partial charge in [-0.05, 0) is 6.26 Å². The number of thioether (sulfide) groups is 2. The maximum Gasteiger partial charge on any atom is 0.313 e. The monoisotopic (exact) mass is 233 g/mol. The SMILES string of the molecule is CSCCc1nc(SCC(=O)O)n[nH]1. The van der Waals surface area contributed by atoms with E-state index in [1.54, 1.807) is 11.8 Å². The van der Waals surface area contributed by atoms with E-state index in [1.165, 1.54) is 0 Å². The Morgan fingerprint density at radius 2 is 2.43 bits per heavy atom. The number of H-pyrrole nitrogens is 1. The predicted molar refractivity (Wildman–Crippen MR) is 56.8 cm³/mol. The predicted octanol–water partition coefficient (Wildman–Crippen LogP) is 0.887. The van der Waals surface area contributed by atoms with Gasteiger partial charge in [0.1, 0.15) is 5.82 Å². The molecule has 0 saturated heterocycles. The van der Waals surface area contributed by atoms with Gasteiger partial charge in [0.05, 0.1) is 5.75 Å². The van der Waals surface area contributed by atoms with E-state index in [9.17, 15) is 4.79 Å². The molecule has 7 heteroatoms. The molecule has 0 aliphatic heterocycles. The fourth-order valence-electron chi connectivity index (χ4n) is 0.779. The van der Waals surface area contributed by atoms with Crippen molar-refractivity contribution in [3.05, 3.63) is 5.82 Å². The van der Waals surface area contributed by atoms with Gasteiger partial charge in [-0.1, -0.05) is 11.8 Å². The van der Waals surface area contributed by atoms with E-state index in [0.29, 0.717) is 5.16 Å². The van der Waals surface area contributed by atoms with Crippen LogP contribution in [0.25, 0.3) is 0 Å². The molecule has 0 saturated carbocycles. The number of carboxylic acid groups (broad SMARTS) is 1. The van der Waals surface area contributed by atoms with Crippen LogP contribution in [0.2, 0.25) is 0 Å². The lowest BCUT2D eigenvalue weighted by molar-refractivity contribution is -0.133. The number of hydrogen-bond donors (Lipinski definition) is 2. The molecule has 0 fully saturated rings. The fourth-order valence-corrected chi connectivity index (χ4v) is 1.71. The van der Waals surface area contributed by atoms with Crippen molar-refractivity contribution in [2.75, 3.05) is 17.8 Å². The number of carbonyl (C=O) groups is 1. The quantitative estimate of drug-likeness (QED) is 0.710. The molecule has 0 spiro atoms. The Labute approximate surface area is 90.1 Å². The average molecular weight is 233 g/mol. The van der Waals surface area contributed by atoms with Gasteiger partial charge in [0.2, 0.25) is 5.16 Å². The van der Waals surface area contributed by atoms with Crippen LogP contribution >= 0.6 is 23.5 Å². The van der Waals surface area contributed by atoms with Crippen LogP contribution in [0.3, 0.4) is 0 Å². The highest BCUT2D eigenvalue weighted by atomic mass is 32.2. The second-order valence-corrected chi connectivity index (χ2v) is 4.42. The smallest absolute Gasteiger partial charge is 0.313 e. The van der Waals surface area contributed by atoms with Gasteiger partial charge in [-0.2, -0.15) is 11.8 Å². The zero-order chi connectivity index (χ0) is 10.4. The molecule has 0 radical (unpaired) electrons. The molecule has 0 aromatic carbocycles. The molecule has 1 aromatic heterocycles. The molecule has 0 aliphatic rings. The summed E-state index contributed by atoms with van der Waals surface area (Å²) in [5, 5.41) is 15.6. The van der Waals surface area contributed by atoms with Crippen molar-refractivity contribution in [1.29, 1.82) is 0 Å². The van der Waals surface area contributed by atoms with Crippen LogP contribution in [0.4, 0.5) is 0 Å². The maximum atomic E-state index is 10.3. The van der Waals surface area contributed by atoms with E-state index in [0.717, 1.165) is 29.8 Å². The van der Waals surface area contributed by atoms with Gasteiger partial charge in [-0.25, -0.2) is 4.98 Å². The number of aromatic nitrogens is 3. The first-order valence-corrected chi connectivity index (χ1v) is 6.35. The van der Waals surface area contributed by atoms with Gasteiger partial charge in [0, 0.05) is 12.2 Å². The minimum atomic E-state index is -0.856. The second-order valence-electron chi connectivity index (χ2n) is 2.49. The molecule has 78 valence electrons. The van der Waals surface area contributed by atoms with Gasteiger partial charge in [0.15, 0.2) is 0 Å². The van der Waals surface area contributed by atoms with E-state index < -0.39 is 5.97 Å². The molecule has 1 rings (SSSR count). The summed E-state index contributed by atoms with van der Waals surface area (Å²) in [5.41, 5.74) is 0. The van der Waals surface area contributed by atoms with Crippen molar-refractivity contribution in [3.8, 4) is 0 Å². The van der Waals surface area contributed by atoms with Crippen LogP contribution in [0.15, 0.2) is 5.16 Å². The Morgan fingerprint density at radius 3 is 3.07 bits per heavy atom. The third kappa shape index (κ3) is 4.01. The Bertz CT molecular complexity index is 303. The van der Waals surface area contributed by atoms with Gasteiger partial charge in [0.25, 0.3) is 0 Å². The Hall–Kier alpha value is -0.690. The summed E-state index contributed by atoms with van der Waals surface area (Å²) in [7, 11) is 0. The fraction of sp³-hybridized carbons (Fsp3) is 0.571. The molecule has 0 aliphatic carbocycles. The largest absolute Gasteiger partial charge is 0.481 e. The highest BCUT2D eigenvalue weighted by Gasteiger charge is 2.05. The summed E-state index contributed by atoms with van der Waals surface area (Å²) in [6, 6.07) is 0. The van der Waals surface area contributed by atoms with Crippen molar-refractivity contribution < 1.29 is 9.90 Å². The van der Waals surface area contributed by atoms with E-state index >= 15 is 0 Å². The summed E-state index contributed by atoms with van der Waals surface area (Å²) in [6.45, 7) is 0. The number of rotatable bonds is 6. The molecule has 14 heavy (non-hydrogen) atoms. The maximum absolute atomic E-state index is 10.3. The number of nitrogens with zero attached hydrogens (tertiary/aromatic N) is 2. The first kappa shape index (κ1) is 11.4. The minimum Gasteiger partial charge on any atom is -0.481 e. The summed E-state index contributed by atoms with van der Waals surface area (Å²) in [5.74, 6) is 0.940. The zero-order valence-corrected chi connectivity index (χ0v) is 9.32. The first-order chi connectivity index (χ1) is 6.72. The van der Waals surface area contributed by atoms with Crippen LogP contribution < -0.4 is 0 Å². The Morgan fingerprint density at radius 1 is 1.64 bits per heavy atom. The molecule has 0 amide bonds. The van der Waals surface area contributed by atoms with Crippen molar-refractivity contribution in [1.82, 2.24) is 15.2 Å².